The average Bonchev–Trinajstić information content (AvgIpc) is 2.30. The molecule has 0 spiro atoms. The van der Waals surface area contributed by atoms with Gasteiger partial charge in [0.25, 0.3) is 0 Å². The van der Waals surface area contributed by atoms with Crippen molar-refractivity contribution in [3.63, 3.8) is 0 Å². The third-order valence-electron chi connectivity index (χ3n) is 3.21. The molecular formula is C13H18ClNO. The monoisotopic (exact) mass is 239 g/mol. The molecule has 1 aromatic carbocycles. The lowest BCUT2D eigenvalue weighted by Gasteiger charge is -2.24. The van der Waals surface area contributed by atoms with Crippen molar-refractivity contribution in [2.45, 2.75) is 27.2 Å². The Kier molecular flexibility index (Phi) is 4.11. The van der Waals surface area contributed by atoms with Crippen molar-refractivity contribution in [3.05, 3.63) is 34.3 Å². The molecule has 0 saturated carbocycles. The summed E-state index contributed by atoms with van der Waals surface area (Å²) in [5.41, 5.74) is 6.80. The van der Waals surface area contributed by atoms with E-state index in [4.69, 9.17) is 17.3 Å². The second-order valence-electron chi connectivity index (χ2n) is 4.41. The van der Waals surface area contributed by atoms with Crippen LogP contribution in [0, 0.1) is 12.3 Å². The number of hydrogen-bond donors (Lipinski definition) is 1. The Labute approximate surface area is 102 Å². The van der Waals surface area contributed by atoms with E-state index in [9.17, 15) is 4.79 Å². The Morgan fingerprint density at radius 3 is 2.56 bits per heavy atom. The highest BCUT2D eigenvalue weighted by molar-refractivity contribution is 6.31. The SMILES string of the molecule is CCC(C)(CN)C(=O)c1ccc(C)c(Cl)c1. The number of carbonyl (C=O) groups is 1. The van der Waals surface area contributed by atoms with Gasteiger partial charge in [-0.15, -0.1) is 0 Å². The van der Waals surface area contributed by atoms with Gasteiger partial charge in [-0.25, -0.2) is 0 Å². The zero-order chi connectivity index (χ0) is 12.3. The minimum Gasteiger partial charge on any atom is -0.329 e. The zero-order valence-electron chi connectivity index (χ0n) is 10.0. The highest BCUT2D eigenvalue weighted by Crippen LogP contribution is 2.27. The molecule has 0 heterocycles. The molecule has 0 amide bonds. The second-order valence-corrected chi connectivity index (χ2v) is 4.82. The highest BCUT2D eigenvalue weighted by Gasteiger charge is 2.30. The number of halogens is 1. The summed E-state index contributed by atoms with van der Waals surface area (Å²) in [7, 11) is 0. The van der Waals surface area contributed by atoms with Gasteiger partial charge in [0.1, 0.15) is 0 Å². The lowest BCUT2D eigenvalue weighted by molar-refractivity contribution is 0.0820. The molecule has 2 N–H and O–H groups in total. The molecule has 1 atom stereocenters. The first-order valence-electron chi connectivity index (χ1n) is 5.45. The molecule has 16 heavy (non-hydrogen) atoms. The first-order valence-corrected chi connectivity index (χ1v) is 5.83. The Hall–Kier alpha value is -0.860. The van der Waals surface area contributed by atoms with E-state index < -0.39 is 5.41 Å². The summed E-state index contributed by atoms with van der Waals surface area (Å²) >= 11 is 6.01. The topological polar surface area (TPSA) is 43.1 Å². The van der Waals surface area contributed by atoms with Crippen LogP contribution in [0.5, 0.6) is 0 Å². The number of carbonyl (C=O) groups excluding carboxylic acids is 1. The summed E-state index contributed by atoms with van der Waals surface area (Å²) < 4.78 is 0. The number of hydrogen-bond acceptors (Lipinski definition) is 2. The molecule has 0 aliphatic heterocycles. The van der Waals surface area contributed by atoms with Crippen molar-refractivity contribution >= 4 is 17.4 Å². The van der Waals surface area contributed by atoms with Gasteiger partial charge in [-0.05, 0) is 25.0 Å². The van der Waals surface area contributed by atoms with E-state index in [1.165, 1.54) is 0 Å². The van der Waals surface area contributed by atoms with Crippen molar-refractivity contribution in [2.24, 2.45) is 11.1 Å². The van der Waals surface area contributed by atoms with Gasteiger partial charge >= 0.3 is 0 Å². The van der Waals surface area contributed by atoms with Crippen molar-refractivity contribution in [1.29, 1.82) is 0 Å². The molecule has 0 radical (unpaired) electrons. The fourth-order valence-electron chi connectivity index (χ4n) is 1.48. The van der Waals surface area contributed by atoms with E-state index in [-0.39, 0.29) is 5.78 Å². The number of benzene rings is 1. The van der Waals surface area contributed by atoms with E-state index in [0.717, 1.165) is 12.0 Å². The van der Waals surface area contributed by atoms with Crippen LogP contribution in [0.15, 0.2) is 18.2 Å². The summed E-state index contributed by atoms with van der Waals surface area (Å²) in [4.78, 5) is 12.3. The third kappa shape index (κ3) is 2.45. The molecular weight excluding hydrogens is 222 g/mol. The number of ketones is 1. The van der Waals surface area contributed by atoms with E-state index in [2.05, 4.69) is 0 Å². The van der Waals surface area contributed by atoms with Gasteiger partial charge in [0.2, 0.25) is 0 Å². The van der Waals surface area contributed by atoms with E-state index >= 15 is 0 Å². The van der Waals surface area contributed by atoms with Gasteiger partial charge < -0.3 is 5.73 Å². The Balaban J connectivity index is 3.09. The molecule has 0 saturated heterocycles. The minimum absolute atomic E-state index is 0.0689. The number of nitrogens with two attached hydrogens (primary N) is 1. The summed E-state index contributed by atoms with van der Waals surface area (Å²) in [5.74, 6) is 0.0689. The minimum atomic E-state index is -0.488. The van der Waals surface area contributed by atoms with Crippen LogP contribution < -0.4 is 5.73 Å². The quantitative estimate of drug-likeness (QED) is 0.820. The van der Waals surface area contributed by atoms with E-state index in [1.54, 1.807) is 6.07 Å². The van der Waals surface area contributed by atoms with Gasteiger partial charge in [0.05, 0.1) is 0 Å². The summed E-state index contributed by atoms with van der Waals surface area (Å²) in [6.45, 7) is 6.13. The van der Waals surface area contributed by atoms with Gasteiger partial charge in [0, 0.05) is 22.5 Å². The molecule has 1 rings (SSSR count). The maximum absolute atomic E-state index is 12.3. The predicted octanol–water partition coefficient (Wildman–Crippen LogP) is 3.21. The first-order chi connectivity index (χ1) is 7.44. The van der Waals surface area contributed by atoms with Gasteiger partial charge in [-0.2, -0.15) is 0 Å². The zero-order valence-corrected chi connectivity index (χ0v) is 10.8. The second kappa shape index (κ2) is 4.98. The summed E-state index contributed by atoms with van der Waals surface area (Å²) in [5, 5.41) is 0.626. The molecule has 2 nitrogen and oxygen atoms in total. The molecule has 1 unspecified atom stereocenters. The molecule has 3 heteroatoms. The number of Topliss-reactive ketones (excluding diaryl/α,β-unsaturated/α-hetero) is 1. The highest BCUT2D eigenvalue weighted by atomic mass is 35.5. The van der Waals surface area contributed by atoms with Crippen molar-refractivity contribution < 1.29 is 4.79 Å². The molecule has 0 fully saturated rings. The van der Waals surface area contributed by atoms with Crippen LogP contribution in [0.3, 0.4) is 0 Å². The molecule has 0 bridgehead atoms. The number of rotatable bonds is 4. The maximum Gasteiger partial charge on any atom is 0.170 e. The van der Waals surface area contributed by atoms with Crippen LogP contribution in [-0.4, -0.2) is 12.3 Å². The third-order valence-corrected chi connectivity index (χ3v) is 3.62. The predicted molar refractivity (Wildman–Crippen MR) is 68.0 cm³/mol. The van der Waals surface area contributed by atoms with Crippen molar-refractivity contribution in [3.8, 4) is 0 Å². The van der Waals surface area contributed by atoms with Crippen LogP contribution in [0.1, 0.15) is 36.2 Å². The summed E-state index contributed by atoms with van der Waals surface area (Å²) in [6.07, 6.45) is 0.730. The molecule has 1 aromatic rings. The Morgan fingerprint density at radius 1 is 1.50 bits per heavy atom. The molecule has 0 aromatic heterocycles. The van der Waals surface area contributed by atoms with Crippen LogP contribution in [0.4, 0.5) is 0 Å². The maximum atomic E-state index is 12.3. The first kappa shape index (κ1) is 13.2. The average molecular weight is 240 g/mol. The normalized spacial score (nSPS) is 14.6. The van der Waals surface area contributed by atoms with E-state index in [0.29, 0.717) is 17.1 Å². The fourth-order valence-corrected chi connectivity index (χ4v) is 1.66. The van der Waals surface area contributed by atoms with Crippen LogP contribution >= 0.6 is 11.6 Å². The number of aryl methyl sites for hydroxylation is 1. The molecule has 0 aliphatic rings. The van der Waals surface area contributed by atoms with Crippen molar-refractivity contribution in [1.82, 2.24) is 0 Å². The largest absolute Gasteiger partial charge is 0.329 e. The van der Waals surface area contributed by atoms with Gasteiger partial charge in [-0.3, -0.25) is 4.79 Å². The van der Waals surface area contributed by atoms with E-state index in [1.807, 2.05) is 32.9 Å². The van der Waals surface area contributed by atoms with Crippen LogP contribution in [-0.2, 0) is 0 Å². The Morgan fingerprint density at radius 2 is 2.12 bits per heavy atom. The van der Waals surface area contributed by atoms with Crippen LogP contribution in [0.25, 0.3) is 0 Å². The fraction of sp³-hybridized carbons (Fsp3) is 0.462. The van der Waals surface area contributed by atoms with Crippen LogP contribution in [0.2, 0.25) is 5.02 Å². The van der Waals surface area contributed by atoms with Gasteiger partial charge in [0.15, 0.2) is 5.78 Å². The summed E-state index contributed by atoms with van der Waals surface area (Å²) in [6, 6.07) is 5.40. The van der Waals surface area contributed by atoms with Gasteiger partial charge in [-0.1, -0.05) is 37.6 Å². The van der Waals surface area contributed by atoms with Crippen molar-refractivity contribution in [2.75, 3.05) is 6.54 Å². The lowest BCUT2D eigenvalue weighted by atomic mass is 9.80. The smallest absolute Gasteiger partial charge is 0.170 e. The standard InChI is InChI=1S/C13H18ClNO/c1-4-13(3,8-15)12(16)10-6-5-9(2)11(14)7-10/h5-7H,4,8,15H2,1-3H3. The Bertz CT molecular complexity index is 397. The molecule has 0 aliphatic carbocycles. The lowest BCUT2D eigenvalue weighted by Crippen LogP contribution is -2.35. The molecule has 88 valence electrons.